The number of carbonyl (C=O) groups is 3. The SMILES string of the molecule is CCOC(=O)N1CCN(C(=O)[C@@H](CP(=O)(OCC)OCC)NC(=O)OC(C)(C)C)CC1. The fraction of sp³-hybridized carbons (Fsp3) is 0.842. The van der Waals surface area contributed by atoms with Crippen LogP contribution in [0.1, 0.15) is 41.5 Å². The zero-order valence-corrected chi connectivity index (χ0v) is 20.2. The highest BCUT2D eigenvalue weighted by molar-refractivity contribution is 7.54. The Kier molecular flexibility index (Phi) is 10.8. The molecular weight excluding hydrogens is 429 g/mol. The third-order valence-corrected chi connectivity index (χ3v) is 6.28. The molecule has 12 heteroatoms. The van der Waals surface area contributed by atoms with Gasteiger partial charge < -0.3 is 33.6 Å². The Morgan fingerprint density at radius 2 is 1.45 bits per heavy atom. The van der Waals surface area contributed by atoms with E-state index in [1.165, 1.54) is 9.80 Å². The van der Waals surface area contributed by atoms with Crippen molar-refractivity contribution in [1.29, 1.82) is 0 Å². The molecule has 1 fully saturated rings. The maximum absolute atomic E-state index is 13.2. The summed E-state index contributed by atoms with van der Waals surface area (Å²) in [4.78, 5) is 40.4. The number of nitrogens with one attached hydrogen (secondary N) is 1. The zero-order valence-electron chi connectivity index (χ0n) is 19.3. The number of rotatable bonds is 9. The van der Waals surface area contributed by atoms with E-state index in [9.17, 15) is 18.9 Å². The van der Waals surface area contributed by atoms with Gasteiger partial charge in [0.1, 0.15) is 11.6 Å². The van der Waals surface area contributed by atoms with Crippen LogP contribution in [0.4, 0.5) is 9.59 Å². The lowest BCUT2D eigenvalue weighted by atomic mass is 10.2. The van der Waals surface area contributed by atoms with Gasteiger partial charge in [-0.15, -0.1) is 0 Å². The van der Waals surface area contributed by atoms with Crippen LogP contribution in [0.15, 0.2) is 0 Å². The summed E-state index contributed by atoms with van der Waals surface area (Å²) in [5, 5.41) is 2.51. The number of amides is 3. The van der Waals surface area contributed by atoms with Crippen molar-refractivity contribution in [3.8, 4) is 0 Å². The second-order valence-electron chi connectivity index (χ2n) is 7.84. The topological polar surface area (TPSA) is 124 Å². The van der Waals surface area contributed by atoms with Gasteiger partial charge in [0.15, 0.2) is 0 Å². The molecule has 1 saturated heterocycles. The quantitative estimate of drug-likeness (QED) is 0.515. The monoisotopic (exact) mass is 465 g/mol. The third-order valence-electron chi connectivity index (χ3n) is 4.16. The van der Waals surface area contributed by atoms with Gasteiger partial charge in [-0.25, -0.2) is 9.59 Å². The molecule has 0 spiro atoms. The molecule has 0 bridgehead atoms. The van der Waals surface area contributed by atoms with Crippen molar-refractivity contribution in [2.75, 3.05) is 52.2 Å². The fourth-order valence-electron chi connectivity index (χ4n) is 2.94. The van der Waals surface area contributed by atoms with E-state index in [1.54, 1.807) is 41.5 Å². The van der Waals surface area contributed by atoms with Crippen molar-refractivity contribution >= 4 is 25.7 Å². The molecule has 0 aromatic rings. The van der Waals surface area contributed by atoms with Crippen LogP contribution in [0.3, 0.4) is 0 Å². The molecule has 1 heterocycles. The van der Waals surface area contributed by atoms with Gasteiger partial charge in [0, 0.05) is 26.2 Å². The molecule has 3 amide bonds. The van der Waals surface area contributed by atoms with Gasteiger partial charge >= 0.3 is 19.8 Å². The molecule has 1 atom stereocenters. The van der Waals surface area contributed by atoms with Gasteiger partial charge in [0.05, 0.1) is 26.0 Å². The Hall–Kier alpha value is -1.84. The van der Waals surface area contributed by atoms with Crippen LogP contribution in [0.2, 0.25) is 0 Å². The number of alkyl carbamates (subject to hydrolysis) is 1. The van der Waals surface area contributed by atoms with Crippen LogP contribution in [-0.4, -0.2) is 91.7 Å². The lowest BCUT2D eigenvalue weighted by Crippen LogP contribution is -2.57. The summed E-state index contributed by atoms with van der Waals surface area (Å²) in [5.41, 5.74) is -0.771. The lowest BCUT2D eigenvalue weighted by molar-refractivity contribution is -0.134. The standard InChI is InChI=1S/C19H36N3O8P/c1-7-27-18(25)22-12-10-21(11-13-22)16(23)15(20-17(24)30-19(4,5)6)14-31(26,28-8-2)29-9-3/h15H,7-14H2,1-6H3,(H,20,24)/t15-/m1/s1. The van der Waals surface area contributed by atoms with Crippen molar-refractivity contribution in [2.24, 2.45) is 0 Å². The number of hydrogen-bond donors (Lipinski definition) is 1. The van der Waals surface area contributed by atoms with Crippen LogP contribution < -0.4 is 5.32 Å². The minimum atomic E-state index is -3.63. The van der Waals surface area contributed by atoms with Crippen LogP contribution in [0.25, 0.3) is 0 Å². The summed E-state index contributed by atoms with van der Waals surface area (Å²) in [6.45, 7) is 11.7. The molecule has 1 aliphatic rings. The minimum Gasteiger partial charge on any atom is -0.450 e. The highest BCUT2D eigenvalue weighted by Crippen LogP contribution is 2.48. The van der Waals surface area contributed by atoms with Crippen molar-refractivity contribution in [3.63, 3.8) is 0 Å². The zero-order chi connectivity index (χ0) is 23.7. The van der Waals surface area contributed by atoms with E-state index in [4.69, 9.17) is 18.5 Å². The number of carbonyl (C=O) groups excluding carboxylic acids is 3. The Morgan fingerprint density at radius 3 is 1.90 bits per heavy atom. The van der Waals surface area contributed by atoms with E-state index in [2.05, 4.69) is 5.32 Å². The maximum Gasteiger partial charge on any atom is 0.409 e. The fourth-order valence-corrected chi connectivity index (χ4v) is 4.71. The molecule has 31 heavy (non-hydrogen) atoms. The van der Waals surface area contributed by atoms with Gasteiger partial charge in [-0.1, -0.05) is 0 Å². The summed E-state index contributed by atoms with van der Waals surface area (Å²) in [7, 11) is -3.63. The summed E-state index contributed by atoms with van der Waals surface area (Å²) >= 11 is 0. The van der Waals surface area contributed by atoms with Crippen molar-refractivity contribution in [1.82, 2.24) is 15.1 Å². The van der Waals surface area contributed by atoms with Gasteiger partial charge in [-0.2, -0.15) is 0 Å². The number of ether oxygens (including phenoxy) is 2. The lowest BCUT2D eigenvalue weighted by Gasteiger charge is -2.36. The predicted octanol–water partition coefficient (Wildman–Crippen LogP) is 2.45. The molecule has 0 unspecified atom stereocenters. The Balaban J connectivity index is 2.94. The van der Waals surface area contributed by atoms with E-state index < -0.39 is 37.3 Å². The Bertz CT molecular complexity index is 649. The first-order valence-electron chi connectivity index (χ1n) is 10.5. The molecule has 11 nitrogen and oxygen atoms in total. The molecular formula is C19H36N3O8P. The molecule has 0 aromatic heterocycles. The van der Waals surface area contributed by atoms with Gasteiger partial charge in [-0.3, -0.25) is 9.36 Å². The second-order valence-corrected chi connectivity index (χ2v) is 9.94. The molecule has 0 aromatic carbocycles. The molecule has 1 aliphatic heterocycles. The van der Waals surface area contributed by atoms with Crippen molar-refractivity contribution in [2.45, 2.75) is 53.2 Å². The largest absolute Gasteiger partial charge is 0.450 e. The summed E-state index contributed by atoms with van der Waals surface area (Å²) in [6, 6.07) is -1.17. The first kappa shape index (κ1) is 27.2. The average Bonchev–Trinajstić information content (AvgIpc) is 2.66. The summed E-state index contributed by atoms with van der Waals surface area (Å²) < 4.78 is 33.8. The van der Waals surface area contributed by atoms with Crippen LogP contribution >= 0.6 is 7.60 Å². The Labute approximate surface area is 184 Å². The van der Waals surface area contributed by atoms with Crippen molar-refractivity contribution in [3.05, 3.63) is 0 Å². The van der Waals surface area contributed by atoms with E-state index in [1.807, 2.05) is 0 Å². The second kappa shape index (κ2) is 12.3. The van der Waals surface area contributed by atoms with Gasteiger partial charge in [0.2, 0.25) is 5.91 Å². The molecule has 0 radical (unpaired) electrons. The number of piperazine rings is 1. The molecule has 1 rings (SSSR count). The summed E-state index contributed by atoms with van der Waals surface area (Å²) in [6.07, 6.45) is -1.57. The predicted molar refractivity (Wildman–Crippen MR) is 114 cm³/mol. The van der Waals surface area contributed by atoms with E-state index in [0.717, 1.165) is 0 Å². The Morgan fingerprint density at radius 1 is 0.935 bits per heavy atom. The smallest absolute Gasteiger partial charge is 0.409 e. The highest BCUT2D eigenvalue weighted by Gasteiger charge is 2.37. The number of nitrogens with zero attached hydrogens (tertiary/aromatic N) is 2. The minimum absolute atomic E-state index is 0.128. The first-order chi connectivity index (χ1) is 14.4. The summed E-state index contributed by atoms with van der Waals surface area (Å²) in [5.74, 6) is -0.450. The highest BCUT2D eigenvalue weighted by atomic mass is 31.2. The molecule has 1 N–H and O–H groups in total. The molecule has 0 aliphatic carbocycles. The van der Waals surface area contributed by atoms with Crippen LogP contribution in [0.5, 0.6) is 0 Å². The first-order valence-corrected chi connectivity index (χ1v) is 12.3. The van der Waals surface area contributed by atoms with Gasteiger partial charge in [0.25, 0.3) is 0 Å². The molecule has 0 saturated carbocycles. The normalized spacial score (nSPS) is 15.9. The van der Waals surface area contributed by atoms with Gasteiger partial charge in [-0.05, 0) is 41.5 Å². The van der Waals surface area contributed by atoms with E-state index >= 15 is 0 Å². The van der Waals surface area contributed by atoms with E-state index in [0.29, 0.717) is 0 Å². The van der Waals surface area contributed by atoms with Crippen molar-refractivity contribution < 1.29 is 37.5 Å². The van der Waals surface area contributed by atoms with Crippen LogP contribution in [-0.2, 0) is 27.9 Å². The molecule has 180 valence electrons. The van der Waals surface area contributed by atoms with E-state index in [-0.39, 0.29) is 52.2 Å². The number of hydrogen-bond acceptors (Lipinski definition) is 8. The average molecular weight is 465 g/mol. The van der Waals surface area contributed by atoms with Crippen LogP contribution in [0, 0.1) is 0 Å². The maximum atomic E-state index is 13.2. The third kappa shape index (κ3) is 9.45.